The molecule has 2 N–H and O–H groups in total. The molecule has 2 aromatic carbocycles. The maximum Gasteiger partial charge on any atom is 0.255 e. The van der Waals surface area contributed by atoms with Gasteiger partial charge in [0.25, 0.3) is 5.91 Å². The number of nitrogens with zero attached hydrogens (tertiary/aromatic N) is 3. The number of benzene rings is 2. The van der Waals surface area contributed by atoms with E-state index in [0.717, 1.165) is 35.5 Å². The molecule has 0 saturated carbocycles. The van der Waals surface area contributed by atoms with Crippen LogP contribution in [-0.2, 0) is 6.54 Å². The number of nitrogens with one attached hydrogen (secondary N) is 2. The molecule has 1 saturated heterocycles. The lowest BCUT2D eigenvalue weighted by Gasteiger charge is -2.39. The first-order chi connectivity index (χ1) is 14.7. The van der Waals surface area contributed by atoms with Crippen LogP contribution < -0.4 is 10.2 Å². The van der Waals surface area contributed by atoms with E-state index in [1.165, 1.54) is 0 Å². The first-order valence-corrected chi connectivity index (χ1v) is 10.2. The van der Waals surface area contributed by atoms with E-state index in [4.69, 9.17) is 11.6 Å². The Kier molecular flexibility index (Phi) is 4.85. The molecule has 4 aromatic rings. The second kappa shape index (κ2) is 7.80. The third-order valence-electron chi connectivity index (χ3n) is 5.36. The number of hydrogen-bond acceptors (Lipinski definition) is 4. The number of fused-ring (bicyclic) bond motifs is 1. The van der Waals surface area contributed by atoms with Crippen LogP contribution in [0.15, 0.2) is 66.9 Å². The molecule has 0 atom stereocenters. The lowest BCUT2D eigenvalue weighted by atomic mass is 9.98. The summed E-state index contributed by atoms with van der Waals surface area (Å²) in [6.07, 6.45) is 1.72. The SMILES string of the molecule is O=C(NCc1ccccc1)c1cccnc1N1CC(c2nc3ccc(Cl)cc3[nH]2)C1. The van der Waals surface area contributed by atoms with E-state index in [-0.39, 0.29) is 11.8 Å². The summed E-state index contributed by atoms with van der Waals surface area (Å²) in [5.74, 6) is 1.79. The normalized spacial score (nSPS) is 14.0. The standard InChI is InChI=1S/C23H20ClN5O/c24-17-8-9-19-20(11-17)28-21(27-19)16-13-29(14-16)22-18(7-4-10-25-22)23(30)26-12-15-5-2-1-3-6-15/h1-11,16H,12-14H2,(H,26,30)(H,27,28). The number of halogens is 1. The molecule has 5 rings (SSSR count). The van der Waals surface area contributed by atoms with Crippen molar-refractivity contribution in [1.82, 2.24) is 20.3 Å². The van der Waals surface area contributed by atoms with Crippen LogP contribution >= 0.6 is 11.6 Å². The van der Waals surface area contributed by atoms with Gasteiger partial charge in [-0.25, -0.2) is 9.97 Å². The van der Waals surface area contributed by atoms with Crippen LogP contribution in [0.1, 0.15) is 27.7 Å². The monoisotopic (exact) mass is 417 g/mol. The van der Waals surface area contributed by atoms with Gasteiger partial charge >= 0.3 is 0 Å². The van der Waals surface area contributed by atoms with Crippen LogP contribution in [0.5, 0.6) is 0 Å². The Hall–Kier alpha value is -3.38. The maximum atomic E-state index is 12.8. The van der Waals surface area contributed by atoms with Gasteiger partial charge in [-0.15, -0.1) is 0 Å². The highest BCUT2D eigenvalue weighted by Crippen LogP contribution is 2.32. The summed E-state index contributed by atoms with van der Waals surface area (Å²) in [5, 5.41) is 3.68. The minimum absolute atomic E-state index is 0.121. The number of hydrogen-bond donors (Lipinski definition) is 2. The van der Waals surface area contributed by atoms with Gasteiger partial charge in [0.05, 0.1) is 22.5 Å². The smallest absolute Gasteiger partial charge is 0.255 e. The van der Waals surface area contributed by atoms with Crippen molar-refractivity contribution in [2.45, 2.75) is 12.5 Å². The molecule has 7 heteroatoms. The van der Waals surface area contributed by atoms with Gasteiger partial charge in [0.15, 0.2) is 0 Å². The zero-order valence-corrected chi connectivity index (χ0v) is 16.9. The molecular formula is C23H20ClN5O. The number of amides is 1. The number of pyridine rings is 1. The van der Waals surface area contributed by atoms with Crippen molar-refractivity contribution >= 4 is 34.4 Å². The fourth-order valence-corrected chi connectivity index (χ4v) is 3.89. The number of aromatic nitrogens is 3. The summed E-state index contributed by atoms with van der Waals surface area (Å²) < 4.78 is 0. The van der Waals surface area contributed by atoms with E-state index in [2.05, 4.69) is 25.2 Å². The Bertz CT molecular complexity index is 1200. The fourth-order valence-electron chi connectivity index (χ4n) is 3.72. The van der Waals surface area contributed by atoms with Gasteiger partial charge in [-0.05, 0) is 35.9 Å². The number of aromatic amines is 1. The van der Waals surface area contributed by atoms with E-state index in [9.17, 15) is 4.79 Å². The summed E-state index contributed by atoms with van der Waals surface area (Å²) in [4.78, 5) is 27.4. The molecule has 6 nitrogen and oxygen atoms in total. The summed E-state index contributed by atoms with van der Waals surface area (Å²) in [6.45, 7) is 1.99. The van der Waals surface area contributed by atoms with Gasteiger partial charge in [-0.2, -0.15) is 0 Å². The molecule has 150 valence electrons. The average molecular weight is 418 g/mol. The maximum absolute atomic E-state index is 12.8. The molecule has 1 amide bonds. The highest BCUT2D eigenvalue weighted by molar-refractivity contribution is 6.31. The van der Waals surface area contributed by atoms with Crippen molar-refractivity contribution in [3.05, 3.63) is 88.8 Å². The summed E-state index contributed by atoms with van der Waals surface area (Å²) >= 11 is 6.07. The topological polar surface area (TPSA) is 73.9 Å². The van der Waals surface area contributed by atoms with E-state index < -0.39 is 0 Å². The van der Waals surface area contributed by atoms with Gasteiger partial charge < -0.3 is 15.2 Å². The van der Waals surface area contributed by atoms with Crippen molar-refractivity contribution in [3.8, 4) is 0 Å². The number of rotatable bonds is 5. The molecule has 3 heterocycles. The van der Waals surface area contributed by atoms with Crippen LogP contribution in [-0.4, -0.2) is 33.9 Å². The molecule has 1 aliphatic rings. The predicted octanol–water partition coefficient (Wildman–Crippen LogP) is 4.15. The third-order valence-corrected chi connectivity index (χ3v) is 5.59. The highest BCUT2D eigenvalue weighted by atomic mass is 35.5. The van der Waals surface area contributed by atoms with Crippen molar-refractivity contribution in [1.29, 1.82) is 0 Å². The molecule has 1 fully saturated rings. The molecule has 30 heavy (non-hydrogen) atoms. The number of carbonyl (C=O) groups is 1. The van der Waals surface area contributed by atoms with E-state index in [1.807, 2.05) is 54.6 Å². The Labute approximate surface area is 178 Å². The zero-order chi connectivity index (χ0) is 20.5. The van der Waals surface area contributed by atoms with Crippen molar-refractivity contribution in [2.24, 2.45) is 0 Å². The zero-order valence-electron chi connectivity index (χ0n) is 16.2. The van der Waals surface area contributed by atoms with Crippen LogP contribution in [0.4, 0.5) is 5.82 Å². The van der Waals surface area contributed by atoms with Gasteiger partial charge in [0.2, 0.25) is 0 Å². The summed E-state index contributed by atoms with van der Waals surface area (Å²) in [7, 11) is 0. The molecule has 2 aromatic heterocycles. The van der Waals surface area contributed by atoms with Crippen molar-refractivity contribution < 1.29 is 4.79 Å². The molecule has 0 bridgehead atoms. The number of anilines is 1. The lowest BCUT2D eigenvalue weighted by molar-refractivity contribution is 0.0951. The summed E-state index contributed by atoms with van der Waals surface area (Å²) in [5.41, 5.74) is 3.50. The number of H-pyrrole nitrogens is 1. The Morgan fingerprint density at radius 3 is 2.80 bits per heavy atom. The van der Waals surface area contributed by atoms with Gasteiger partial charge in [0, 0.05) is 30.9 Å². The van der Waals surface area contributed by atoms with E-state index in [1.54, 1.807) is 12.3 Å². The van der Waals surface area contributed by atoms with Gasteiger partial charge in [-0.3, -0.25) is 4.79 Å². The van der Waals surface area contributed by atoms with Gasteiger partial charge in [0.1, 0.15) is 11.6 Å². The van der Waals surface area contributed by atoms with Crippen molar-refractivity contribution in [2.75, 3.05) is 18.0 Å². The quantitative estimate of drug-likeness (QED) is 0.511. The largest absolute Gasteiger partial charge is 0.354 e. The molecule has 0 spiro atoms. The van der Waals surface area contributed by atoms with Crippen LogP contribution in [0, 0.1) is 0 Å². The second-order valence-corrected chi connectivity index (χ2v) is 7.86. The fraction of sp³-hybridized carbons (Fsp3) is 0.174. The third kappa shape index (κ3) is 3.62. The van der Waals surface area contributed by atoms with Crippen LogP contribution in [0.25, 0.3) is 11.0 Å². The Balaban J connectivity index is 1.28. The molecular weight excluding hydrogens is 398 g/mol. The minimum Gasteiger partial charge on any atom is -0.354 e. The van der Waals surface area contributed by atoms with Gasteiger partial charge in [-0.1, -0.05) is 41.9 Å². The number of carbonyl (C=O) groups excluding carboxylic acids is 1. The van der Waals surface area contributed by atoms with Crippen molar-refractivity contribution in [3.63, 3.8) is 0 Å². The minimum atomic E-state index is -0.121. The molecule has 1 aliphatic heterocycles. The first-order valence-electron chi connectivity index (χ1n) is 9.84. The Morgan fingerprint density at radius 1 is 1.13 bits per heavy atom. The van der Waals surface area contributed by atoms with Crippen LogP contribution in [0.2, 0.25) is 5.02 Å². The second-order valence-electron chi connectivity index (χ2n) is 7.43. The molecule has 0 radical (unpaired) electrons. The van der Waals surface area contributed by atoms with Crippen LogP contribution in [0.3, 0.4) is 0 Å². The number of imidazole rings is 1. The average Bonchev–Trinajstić information content (AvgIpc) is 3.14. The highest BCUT2D eigenvalue weighted by Gasteiger charge is 2.33. The molecule has 0 aliphatic carbocycles. The summed E-state index contributed by atoms with van der Waals surface area (Å²) in [6, 6.07) is 19.1. The van der Waals surface area contributed by atoms with E-state index >= 15 is 0 Å². The predicted molar refractivity (Wildman–Crippen MR) is 118 cm³/mol. The first kappa shape index (κ1) is 18.6. The lowest BCUT2D eigenvalue weighted by Crippen LogP contribution is -2.47. The Morgan fingerprint density at radius 2 is 1.97 bits per heavy atom. The van der Waals surface area contributed by atoms with E-state index in [0.29, 0.717) is 22.9 Å². The molecule has 0 unspecified atom stereocenters.